The van der Waals surface area contributed by atoms with Crippen LogP contribution in [0.1, 0.15) is 24.8 Å². The van der Waals surface area contributed by atoms with E-state index in [-0.39, 0.29) is 18.4 Å². The number of amides is 1. The fourth-order valence-electron chi connectivity index (χ4n) is 1.43. The molecule has 0 spiro atoms. The summed E-state index contributed by atoms with van der Waals surface area (Å²) in [6.45, 7) is 0. The fourth-order valence-corrected chi connectivity index (χ4v) is 1.43. The SMILES string of the molecule is NC(=O)CCCC(=C(F)F)c1ccccc1. The molecule has 1 rings (SSSR count). The Morgan fingerprint density at radius 3 is 2.25 bits per heavy atom. The lowest BCUT2D eigenvalue weighted by Gasteiger charge is -2.05. The van der Waals surface area contributed by atoms with Crippen LogP contribution in [0.15, 0.2) is 36.4 Å². The summed E-state index contributed by atoms with van der Waals surface area (Å²) in [5, 5.41) is 0. The molecule has 0 bridgehead atoms. The summed E-state index contributed by atoms with van der Waals surface area (Å²) in [4.78, 5) is 10.5. The molecule has 0 heterocycles. The number of hydrogen-bond donors (Lipinski definition) is 1. The molecule has 0 fully saturated rings. The van der Waals surface area contributed by atoms with E-state index in [0.29, 0.717) is 12.0 Å². The zero-order valence-corrected chi connectivity index (χ0v) is 8.75. The minimum atomic E-state index is -1.70. The maximum Gasteiger partial charge on any atom is 0.274 e. The number of nitrogens with two attached hydrogens (primary N) is 1. The Morgan fingerprint density at radius 2 is 1.75 bits per heavy atom. The van der Waals surface area contributed by atoms with Crippen molar-refractivity contribution in [2.75, 3.05) is 0 Å². The molecule has 86 valence electrons. The molecule has 4 heteroatoms. The molecule has 0 aliphatic rings. The summed E-state index contributed by atoms with van der Waals surface area (Å²) in [5.74, 6) is -0.466. The number of hydrogen-bond acceptors (Lipinski definition) is 1. The van der Waals surface area contributed by atoms with Crippen molar-refractivity contribution in [3.8, 4) is 0 Å². The molecule has 0 atom stereocenters. The van der Waals surface area contributed by atoms with E-state index in [1.54, 1.807) is 30.3 Å². The molecule has 1 aromatic rings. The molecule has 0 unspecified atom stereocenters. The monoisotopic (exact) mass is 225 g/mol. The second kappa shape index (κ2) is 6.00. The van der Waals surface area contributed by atoms with Crippen LogP contribution in [0.25, 0.3) is 5.57 Å². The molecule has 0 aliphatic carbocycles. The average Bonchev–Trinajstić information content (AvgIpc) is 2.25. The molecule has 1 aromatic carbocycles. The van der Waals surface area contributed by atoms with Crippen molar-refractivity contribution in [3.63, 3.8) is 0 Å². The smallest absolute Gasteiger partial charge is 0.274 e. The third-order valence-corrected chi connectivity index (χ3v) is 2.20. The van der Waals surface area contributed by atoms with Crippen LogP contribution in [0.3, 0.4) is 0 Å². The van der Waals surface area contributed by atoms with E-state index in [1.807, 2.05) is 0 Å². The van der Waals surface area contributed by atoms with Gasteiger partial charge in [0.05, 0.1) is 0 Å². The van der Waals surface area contributed by atoms with Gasteiger partial charge in [0, 0.05) is 12.0 Å². The summed E-state index contributed by atoms with van der Waals surface area (Å²) < 4.78 is 25.3. The van der Waals surface area contributed by atoms with Crippen molar-refractivity contribution >= 4 is 11.5 Å². The maximum absolute atomic E-state index is 12.7. The van der Waals surface area contributed by atoms with E-state index in [1.165, 1.54) is 0 Å². The largest absolute Gasteiger partial charge is 0.370 e. The highest BCUT2D eigenvalue weighted by Gasteiger charge is 2.09. The van der Waals surface area contributed by atoms with Gasteiger partial charge in [-0.05, 0) is 18.4 Å². The lowest BCUT2D eigenvalue weighted by molar-refractivity contribution is -0.118. The van der Waals surface area contributed by atoms with Gasteiger partial charge in [-0.25, -0.2) is 0 Å². The molecule has 0 radical (unpaired) electrons. The van der Waals surface area contributed by atoms with Gasteiger partial charge in [-0.1, -0.05) is 30.3 Å². The van der Waals surface area contributed by atoms with E-state index < -0.39 is 12.0 Å². The lowest BCUT2D eigenvalue weighted by Crippen LogP contribution is -2.09. The minimum absolute atomic E-state index is 0.0122. The van der Waals surface area contributed by atoms with Gasteiger partial charge >= 0.3 is 0 Å². The van der Waals surface area contributed by atoms with Crippen LogP contribution in [0.2, 0.25) is 0 Å². The van der Waals surface area contributed by atoms with Crippen LogP contribution < -0.4 is 5.73 Å². The Hall–Kier alpha value is -1.71. The van der Waals surface area contributed by atoms with Gasteiger partial charge in [0.2, 0.25) is 5.91 Å². The van der Waals surface area contributed by atoms with Crippen LogP contribution in [0, 0.1) is 0 Å². The Morgan fingerprint density at radius 1 is 1.12 bits per heavy atom. The highest BCUT2D eigenvalue weighted by molar-refractivity contribution is 5.74. The first-order valence-corrected chi connectivity index (χ1v) is 4.99. The van der Waals surface area contributed by atoms with Crippen LogP contribution in [0.4, 0.5) is 8.78 Å². The quantitative estimate of drug-likeness (QED) is 0.822. The zero-order chi connectivity index (χ0) is 12.0. The van der Waals surface area contributed by atoms with E-state index in [4.69, 9.17) is 5.73 Å². The molecule has 2 N–H and O–H groups in total. The molecular weight excluding hydrogens is 212 g/mol. The molecule has 0 aliphatic heterocycles. The van der Waals surface area contributed by atoms with E-state index in [0.717, 1.165) is 0 Å². The zero-order valence-electron chi connectivity index (χ0n) is 8.75. The van der Waals surface area contributed by atoms with E-state index >= 15 is 0 Å². The van der Waals surface area contributed by atoms with Crippen LogP contribution in [-0.4, -0.2) is 5.91 Å². The van der Waals surface area contributed by atoms with Gasteiger partial charge < -0.3 is 5.73 Å². The topological polar surface area (TPSA) is 43.1 Å². The molecule has 16 heavy (non-hydrogen) atoms. The minimum Gasteiger partial charge on any atom is -0.370 e. The lowest BCUT2D eigenvalue weighted by atomic mass is 10.0. The van der Waals surface area contributed by atoms with E-state index in [9.17, 15) is 13.6 Å². The van der Waals surface area contributed by atoms with Gasteiger partial charge in [-0.2, -0.15) is 8.78 Å². The fraction of sp³-hybridized carbons (Fsp3) is 0.250. The first-order chi connectivity index (χ1) is 7.61. The number of rotatable bonds is 5. The van der Waals surface area contributed by atoms with Crippen LogP contribution in [0.5, 0.6) is 0 Å². The van der Waals surface area contributed by atoms with Crippen LogP contribution >= 0.6 is 0 Å². The van der Waals surface area contributed by atoms with Crippen molar-refractivity contribution in [1.82, 2.24) is 0 Å². The average molecular weight is 225 g/mol. The molecule has 0 aromatic heterocycles. The normalized spacial score (nSPS) is 9.88. The predicted octanol–water partition coefficient (Wildman–Crippen LogP) is 2.95. The summed E-state index contributed by atoms with van der Waals surface area (Å²) in [5.41, 5.74) is 5.43. The number of allylic oxidation sites excluding steroid dienone is 1. The van der Waals surface area contributed by atoms with Crippen molar-refractivity contribution in [2.45, 2.75) is 19.3 Å². The highest BCUT2D eigenvalue weighted by Crippen LogP contribution is 2.25. The third-order valence-electron chi connectivity index (χ3n) is 2.20. The molecule has 0 saturated carbocycles. The Balaban J connectivity index is 2.71. The van der Waals surface area contributed by atoms with Gasteiger partial charge in [0.1, 0.15) is 0 Å². The second-order valence-electron chi connectivity index (χ2n) is 3.42. The van der Waals surface area contributed by atoms with Crippen LogP contribution in [-0.2, 0) is 4.79 Å². The summed E-state index contributed by atoms with van der Waals surface area (Å²) >= 11 is 0. The second-order valence-corrected chi connectivity index (χ2v) is 3.42. The Kier molecular flexibility index (Phi) is 4.64. The van der Waals surface area contributed by atoms with Crippen molar-refractivity contribution < 1.29 is 13.6 Å². The Bertz CT molecular complexity index is 383. The number of halogens is 2. The van der Waals surface area contributed by atoms with Crippen molar-refractivity contribution in [3.05, 3.63) is 42.0 Å². The Labute approximate surface area is 92.8 Å². The third kappa shape index (κ3) is 3.81. The number of carbonyl (C=O) groups excluding carboxylic acids is 1. The molecular formula is C12H13F2NO. The standard InChI is InChI=1S/C12H13F2NO/c13-12(14)10(7-4-8-11(15)16)9-5-2-1-3-6-9/h1-3,5-6H,4,7-8H2,(H2,15,16). The summed E-state index contributed by atoms with van der Waals surface area (Å²) in [7, 11) is 0. The maximum atomic E-state index is 12.7. The van der Waals surface area contributed by atoms with Gasteiger partial charge in [-0.15, -0.1) is 0 Å². The molecule has 0 saturated heterocycles. The number of primary amides is 1. The molecule has 1 amide bonds. The van der Waals surface area contributed by atoms with E-state index in [2.05, 4.69) is 0 Å². The first kappa shape index (κ1) is 12.4. The van der Waals surface area contributed by atoms with Gasteiger partial charge in [0.25, 0.3) is 6.08 Å². The molecule has 2 nitrogen and oxygen atoms in total. The van der Waals surface area contributed by atoms with Gasteiger partial charge in [-0.3, -0.25) is 4.79 Å². The highest BCUT2D eigenvalue weighted by atomic mass is 19.3. The summed E-state index contributed by atoms with van der Waals surface area (Å²) in [6.07, 6.45) is -1.06. The predicted molar refractivity (Wildman–Crippen MR) is 58.6 cm³/mol. The van der Waals surface area contributed by atoms with Crippen molar-refractivity contribution in [1.29, 1.82) is 0 Å². The number of carbonyl (C=O) groups is 1. The van der Waals surface area contributed by atoms with Crippen molar-refractivity contribution in [2.24, 2.45) is 5.73 Å². The first-order valence-electron chi connectivity index (χ1n) is 4.99. The summed E-state index contributed by atoms with van der Waals surface area (Å²) in [6, 6.07) is 8.41. The van der Waals surface area contributed by atoms with Gasteiger partial charge in [0.15, 0.2) is 0 Å². The number of benzene rings is 1.